The molecule has 0 bridgehead atoms. The van der Waals surface area contributed by atoms with Crippen LogP contribution in [0, 0.1) is 10.8 Å². The minimum Gasteiger partial charge on any atom is -0.392 e. The predicted octanol–water partition coefficient (Wildman–Crippen LogP) is 3.51. The van der Waals surface area contributed by atoms with Gasteiger partial charge < -0.3 is 10.6 Å². The maximum Gasteiger partial charge on any atom is 0.235 e. The van der Waals surface area contributed by atoms with Crippen LogP contribution in [0.3, 0.4) is 0 Å². The van der Waals surface area contributed by atoms with Crippen molar-refractivity contribution in [3.63, 3.8) is 0 Å². The zero-order valence-electron chi connectivity index (χ0n) is 13.7. The van der Waals surface area contributed by atoms with E-state index in [2.05, 4.69) is 13.8 Å². The van der Waals surface area contributed by atoms with E-state index in [1.54, 1.807) is 0 Å². The summed E-state index contributed by atoms with van der Waals surface area (Å²) >= 11 is 5.19. The van der Waals surface area contributed by atoms with E-state index in [0.717, 1.165) is 12.8 Å². The van der Waals surface area contributed by atoms with Gasteiger partial charge in [0, 0.05) is 13.1 Å². The van der Waals surface area contributed by atoms with E-state index in [0.29, 0.717) is 29.3 Å². The fraction of sp³-hybridized carbons (Fsp3) is 0.875. The zero-order chi connectivity index (χ0) is 15.6. The number of nitrogens with two attached hydrogens (primary N) is 1. The lowest BCUT2D eigenvalue weighted by Crippen LogP contribution is -2.52. The maximum absolute atomic E-state index is 12.9. The minimum absolute atomic E-state index is 0.111. The summed E-state index contributed by atoms with van der Waals surface area (Å²) in [5.74, 6) is 0.111. The number of nitrogens with zero attached hydrogens (tertiary/aromatic N) is 1. The van der Waals surface area contributed by atoms with E-state index in [4.69, 9.17) is 18.0 Å². The molecular weight excluding hydrogens is 268 g/mol. The lowest BCUT2D eigenvalue weighted by molar-refractivity contribution is -0.140. The second-order valence-corrected chi connectivity index (χ2v) is 7.40. The second-order valence-electron chi connectivity index (χ2n) is 6.96. The number of hydrogen-bond donors (Lipinski definition) is 1. The molecule has 1 saturated carbocycles. The third-order valence-corrected chi connectivity index (χ3v) is 5.66. The van der Waals surface area contributed by atoms with Gasteiger partial charge in [-0.1, -0.05) is 39.9 Å². The van der Waals surface area contributed by atoms with Crippen LogP contribution in [0.4, 0.5) is 0 Å². The third kappa shape index (κ3) is 3.33. The van der Waals surface area contributed by atoms with Crippen molar-refractivity contribution in [1.82, 2.24) is 4.90 Å². The highest BCUT2D eigenvalue weighted by Gasteiger charge is 2.42. The number of rotatable bonds is 5. The molecule has 3 nitrogen and oxygen atoms in total. The molecule has 0 unspecified atom stereocenters. The van der Waals surface area contributed by atoms with Crippen LogP contribution >= 0.6 is 12.2 Å². The van der Waals surface area contributed by atoms with Crippen LogP contribution in [0.5, 0.6) is 0 Å². The smallest absolute Gasteiger partial charge is 0.235 e. The monoisotopic (exact) mass is 298 g/mol. The Morgan fingerprint density at radius 1 is 1.30 bits per heavy atom. The van der Waals surface area contributed by atoms with Crippen molar-refractivity contribution in [3.05, 3.63) is 0 Å². The molecule has 0 atom stereocenters. The molecule has 0 aromatic carbocycles. The summed E-state index contributed by atoms with van der Waals surface area (Å²) in [7, 11) is 1.92. The van der Waals surface area contributed by atoms with E-state index in [1.807, 2.05) is 25.8 Å². The van der Waals surface area contributed by atoms with Crippen LogP contribution in [0.2, 0.25) is 0 Å². The van der Waals surface area contributed by atoms with Crippen molar-refractivity contribution in [2.75, 3.05) is 7.05 Å². The summed E-state index contributed by atoms with van der Waals surface area (Å²) in [5, 5.41) is 0. The highest BCUT2D eigenvalue weighted by Crippen LogP contribution is 2.38. The first kappa shape index (κ1) is 17.4. The van der Waals surface area contributed by atoms with Gasteiger partial charge >= 0.3 is 0 Å². The SMILES string of the molecule is CCC(CC)(C(=O)N(C)C1CCC(C)(C)CC1)C(N)=S. The molecule has 0 spiro atoms. The molecule has 0 aliphatic heterocycles. The number of carbonyl (C=O) groups is 1. The topological polar surface area (TPSA) is 46.3 Å². The van der Waals surface area contributed by atoms with Gasteiger partial charge in [-0.15, -0.1) is 0 Å². The Balaban J connectivity index is 2.83. The molecule has 0 saturated heterocycles. The van der Waals surface area contributed by atoms with Crippen molar-refractivity contribution in [3.8, 4) is 0 Å². The summed E-state index contributed by atoms with van der Waals surface area (Å²) in [5.41, 5.74) is 5.65. The summed E-state index contributed by atoms with van der Waals surface area (Å²) in [6.45, 7) is 8.61. The van der Waals surface area contributed by atoms with Gasteiger partial charge in [0.15, 0.2) is 0 Å². The van der Waals surface area contributed by atoms with E-state index < -0.39 is 5.41 Å². The molecule has 1 aliphatic carbocycles. The van der Waals surface area contributed by atoms with Gasteiger partial charge in [-0.05, 0) is 43.9 Å². The van der Waals surface area contributed by atoms with Crippen molar-refractivity contribution < 1.29 is 4.79 Å². The first-order valence-electron chi connectivity index (χ1n) is 7.77. The Bertz CT molecular complexity index is 365. The van der Waals surface area contributed by atoms with E-state index in [1.165, 1.54) is 12.8 Å². The summed E-state index contributed by atoms with van der Waals surface area (Å²) in [4.78, 5) is 15.1. The Morgan fingerprint density at radius 3 is 2.10 bits per heavy atom. The molecule has 1 rings (SSSR count). The van der Waals surface area contributed by atoms with Crippen molar-refractivity contribution in [2.24, 2.45) is 16.6 Å². The highest BCUT2D eigenvalue weighted by atomic mass is 32.1. The van der Waals surface area contributed by atoms with E-state index in [9.17, 15) is 4.79 Å². The van der Waals surface area contributed by atoms with Gasteiger partial charge in [-0.25, -0.2) is 0 Å². The quantitative estimate of drug-likeness (QED) is 0.790. The first-order valence-corrected chi connectivity index (χ1v) is 8.18. The fourth-order valence-electron chi connectivity index (χ4n) is 3.28. The van der Waals surface area contributed by atoms with Gasteiger partial charge in [0.25, 0.3) is 0 Å². The molecule has 4 heteroatoms. The highest BCUT2D eigenvalue weighted by molar-refractivity contribution is 7.80. The molecule has 20 heavy (non-hydrogen) atoms. The van der Waals surface area contributed by atoms with Crippen LogP contribution in [0.25, 0.3) is 0 Å². The molecule has 0 radical (unpaired) electrons. The Labute approximate surface area is 129 Å². The van der Waals surface area contributed by atoms with Crippen LogP contribution in [-0.4, -0.2) is 28.9 Å². The third-order valence-electron chi connectivity index (χ3n) is 5.26. The largest absolute Gasteiger partial charge is 0.392 e. The van der Waals surface area contributed by atoms with Gasteiger partial charge in [0.1, 0.15) is 0 Å². The van der Waals surface area contributed by atoms with Crippen molar-refractivity contribution in [1.29, 1.82) is 0 Å². The molecule has 0 aromatic rings. The number of carbonyl (C=O) groups excluding carboxylic acids is 1. The lowest BCUT2D eigenvalue weighted by atomic mass is 9.74. The van der Waals surface area contributed by atoms with Gasteiger partial charge in [0.05, 0.1) is 10.4 Å². The molecule has 0 aromatic heterocycles. The molecule has 2 N–H and O–H groups in total. The summed E-state index contributed by atoms with van der Waals surface area (Å²) in [6.07, 6.45) is 5.87. The maximum atomic E-state index is 12.9. The van der Waals surface area contributed by atoms with Crippen LogP contribution in [0.15, 0.2) is 0 Å². The molecular formula is C16H30N2OS. The molecule has 1 aliphatic rings. The first-order chi connectivity index (χ1) is 9.20. The molecule has 1 amide bonds. The van der Waals surface area contributed by atoms with Gasteiger partial charge in [0.2, 0.25) is 5.91 Å². The Kier molecular flexibility index (Phi) is 5.59. The Hall–Kier alpha value is -0.640. The average Bonchev–Trinajstić information content (AvgIpc) is 2.39. The molecule has 116 valence electrons. The zero-order valence-corrected chi connectivity index (χ0v) is 14.5. The number of amides is 1. The average molecular weight is 298 g/mol. The van der Waals surface area contributed by atoms with Crippen molar-refractivity contribution in [2.45, 2.75) is 72.3 Å². The van der Waals surface area contributed by atoms with Crippen LogP contribution in [-0.2, 0) is 4.79 Å². The van der Waals surface area contributed by atoms with Crippen LogP contribution < -0.4 is 5.73 Å². The predicted molar refractivity (Wildman–Crippen MR) is 88.6 cm³/mol. The van der Waals surface area contributed by atoms with Crippen molar-refractivity contribution >= 4 is 23.1 Å². The number of hydrogen-bond acceptors (Lipinski definition) is 2. The fourth-order valence-corrected chi connectivity index (χ4v) is 3.66. The van der Waals surface area contributed by atoms with Gasteiger partial charge in [-0.3, -0.25) is 4.79 Å². The lowest BCUT2D eigenvalue weighted by Gasteiger charge is -2.42. The summed E-state index contributed by atoms with van der Waals surface area (Å²) < 4.78 is 0. The van der Waals surface area contributed by atoms with Gasteiger partial charge in [-0.2, -0.15) is 0 Å². The second kappa shape index (κ2) is 6.42. The molecule has 0 heterocycles. The minimum atomic E-state index is -0.656. The van der Waals surface area contributed by atoms with E-state index in [-0.39, 0.29) is 5.91 Å². The normalized spacial score (nSPS) is 19.6. The summed E-state index contributed by atoms with van der Waals surface area (Å²) in [6, 6.07) is 0.336. The Morgan fingerprint density at radius 2 is 1.75 bits per heavy atom. The standard InChI is InChI=1S/C16H30N2OS/c1-6-16(7-2,13(17)20)14(19)18(5)12-8-10-15(3,4)11-9-12/h12H,6-11H2,1-5H3,(H2,17,20). The molecule has 1 fully saturated rings. The number of thiocarbonyl (C=S) groups is 1. The van der Waals surface area contributed by atoms with E-state index >= 15 is 0 Å². The van der Waals surface area contributed by atoms with Crippen LogP contribution in [0.1, 0.15) is 66.2 Å².